The SMILES string of the molecule is O=[N+]([O-])c1cccc(C2N(Cc3ccccc3)CCCN2Cc2ccccc2)c1. The first-order chi connectivity index (χ1) is 14.2. The molecule has 3 aromatic carbocycles. The Morgan fingerprint density at radius 1 is 0.793 bits per heavy atom. The van der Waals surface area contributed by atoms with Gasteiger partial charge in [-0.1, -0.05) is 72.8 Å². The van der Waals surface area contributed by atoms with Gasteiger partial charge in [0.15, 0.2) is 0 Å². The zero-order valence-corrected chi connectivity index (χ0v) is 16.4. The third kappa shape index (κ3) is 4.70. The number of rotatable bonds is 6. The van der Waals surface area contributed by atoms with Crippen LogP contribution in [0.1, 0.15) is 29.3 Å². The highest BCUT2D eigenvalue weighted by Gasteiger charge is 2.31. The van der Waals surface area contributed by atoms with Gasteiger partial charge in [-0.2, -0.15) is 0 Å². The van der Waals surface area contributed by atoms with Crippen molar-refractivity contribution in [3.05, 3.63) is 112 Å². The van der Waals surface area contributed by atoms with Gasteiger partial charge in [0.25, 0.3) is 5.69 Å². The van der Waals surface area contributed by atoms with Crippen molar-refractivity contribution in [3.8, 4) is 0 Å². The molecule has 0 amide bonds. The molecule has 5 nitrogen and oxygen atoms in total. The lowest BCUT2D eigenvalue weighted by Crippen LogP contribution is -2.46. The minimum atomic E-state index is -0.310. The second-order valence-corrected chi connectivity index (χ2v) is 7.49. The monoisotopic (exact) mass is 387 g/mol. The van der Waals surface area contributed by atoms with Crippen LogP contribution in [0.5, 0.6) is 0 Å². The van der Waals surface area contributed by atoms with E-state index in [1.807, 2.05) is 18.2 Å². The molecule has 3 aromatic rings. The van der Waals surface area contributed by atoms with E-state index < -0.39 is 0 Å². The molecule has 0 atom stereocenters. The fourth-order valence-corrected chi connectivity index (χ4v) is 4.14. The van der Waals surface area contributed by atoms with Gasteiger partial charge in [0.05, 0.1) is 11.1 Å². The van der Waals surface area contributed by atoms with Crippen LogP contribution in [-0.4, -0.2) is 27.8 Å². The molecule has 1 aliphatic rings. The average molecular weight is 387 g/mol. The van der Waals surface area contributed by atoms with Crippen LogP contribution in [0.3, 0.4) is 0 Å². The first-order valence-electron chi connectivity index (χ1n) is 10.0. The van der Waals surface area contributed by atoms with Crippen LogP contribution < -0.4 is 0 Å². The fraction of sp³-hybridized carbons (Fsp3) is 0.250. The summed E-state index contributed by atoms with van der Waals surface area (Å²) in [6.45, 7) is 3.57. The van der Waals surface area contributed by atoms with Crippen LogP contribution >= 0.6 is 0 Å². The largest absolute Gasteiger partial charge is 0.280 e. The summed E-state index contributed by atoms with van der Waals surface area (Å²) in [6.07, 6.45) is 1.08. The van der Waals surface area contributed by atoms with Gasteiger partial charge in [0, 0.05) is 38.3 Å². The van der Waals surface area contributed by atoms with Gasteiger partial charge in [0.1, 0.15) is 0 Å². The maximum absolute atomic E-state index is 11.4. The minimum Gasteiger partial charge on any atom is -0.280 e. The molecule has 0 unspecified atom stereocenters. The molecular formula is C24H25N3O2. The van der Waals surface area contributed by atoms with Crippen molar-refractivity contribution in [2.24, 2.45) is 0 Å². The average Bonchev–Trinajstić information content (AvgIpc) is 2.75. The van der Waals surface area contributed by atoms with Crippen molar-refractivity contribution in [2.45, 2.75) is 25.7 Å². The molecule has 0 bridgehead atoms. The first-order valence-corrected chi connectivity index (χ1v) is 10.0. The molecule has 4 rings (SSSR count). The van der Waals surface area contributed by atoms with E-state index in [0.29, 0.717) is 0 Å². The van der Waals surface area contributed by atoms with E-state index in [9.17, 15) is 10.1 Å². The Morgan fingerprint density at radius 3 is 1.86 bits per heavy atom. The topological polar surface area (TPSA) is 49.6 Å². The Balaban J connectivity index is 1.68. The smallest absolute Gasteiger partial charge is 0.269 e. The second-order valence-electron chi connectivity index (χ2n) is 7.49. The van der Waals surface area contributed by atoms with Crippen LogP contribution in [0.4, 0.5) is 5.69 Å². The number of benzene rings is 3. The number of hydrogen-bond acceptors (Lipinski definition) is 4. The summed E-state index contributed by atoms with van der Waals surface area (Å²) in [5, 5.41) is 11.4. The molecule has 1 heterocycles. The van der Waals surface area contributed by atoms with E-state index in [1.54, 1.807) is 18.2 Å². The summed E-state index contributed by atoms with van der Waals surface area (Å²) in [4.78, 5) is 15.9. The highest BCUT2D eigenvalue weighted by atomic mass is 16.6. The van der Waals surface area contributed by atoms with Gasteiger partial charge in [0.2, 0.25) is 0 Å². The van der Waals surface area contributed by atoms with Gasteiger partial charge in [-0.15, -0.1) is 0 Å². The molecule has 0 spiro atoms. The van der Waals surface area contributed by atoms with Crippen molar-refractivity contribution in [1.82, 2.24) is 9.80 Å². The van der Waals surface area contributed by atoms with E-state index >= 15 is 0 Å². The summed E-state index contributed by atoms with van der Waals surface area (Å²) < 4.78 is 0. The van der Waals surface area contributed by atoms with Gasteiger partial charge in [-0.25, -0.2) is 0 Å². The van der Waals surface area contributed by atoms with Crippen LogP contribution in [0.15, 0.2) is 84.9 Å². The number of nitrogens with zero attached hydrogens (tertiary/aromatic N) is 3. The molecule has 0 N–H and O–H groups in total. The van der Waals surface area contributed by atoms with Crippen LogP contribution in [-0.2, 0) is 13.1 Å². The number of hydrogen-bond donors (Lipinski definition) is 0. The third-order valence-electron chi connectivity index (χ3n) is 5.42. The summed E-state index contributed by atoms with van der Waals surface area (Å²) in [5.41, 5.74) is 3.63. The molecule has 0 radical (unpaired) electrons. The van der Waals surface area contributed by atoms with Crippen molar-refractivity contribution in [3.63, 3.8) is 0 Å². The zero-order chi connectivity index (χ0) is 20.1. The van der Waals surface area contributed by atoms with Crippen LogP contribution in [0, 0.1) is 10.1 Å². The Labute approximate surface area is 171 Å². The molecule has 148 valence electrons. The van der Waals surface area contributed by atoms with Crippen LogP contribution in [0.25, 0.3) is 0 Å². The first kappa shape index (κ1) is 19.3. The van der Waals surface area contributed by atoms with Gasteiger partial charge in [-0.05, 0) is 23.1 Å². The van der Waals surface area contributed by atoms with E-state index in [4.69, 9.17) is 0 Å². The summed E-state index contributed by atoms with van der Waals surface area (Å²) >= 11 is 0. The van der Waals surface area contributed by atoms with E-state index in [2.05, 4.69) is 58.3 Å². The maximum Gasteiger partial charge on any atom is 0.269 e. The minimum absolute atomic E-state index is 0.00376. The molecule has 1 aliphatic heterocycles. The van der Waals surface area contributed by atoms with E-state index in [-0.39, 0.29) is 16.8 Å². The molecule has 29 heavy (non-hydrogen) atoms. The number of non-ortho nitro benzene ring substituents is 1. The summed E-state index contributed by atoms with van der Waals surface area (Å²) in [6, 6.07) is 27.9. The van der Waals surface area contributed by atoms with Crippen molar-refractivity contribution < 1.29 is 4.92 Å². The van der Waals surface area contributed by atoms with Crippen LogP contribution in [0.2, 0.25) is 0 Å². The Bertz CT molecular complexity index is 897. The second kappa shape index (κ2) is 8.99. The fourth-order valence-electron chi connectivity index (χ4n) is 4.14. The molecule has 0 saturated carbocycles. The number of nitro groups is 1. The van der Waals surface area contributed by atoms with Gasteiger partial charge < -0.3 is 0 Å². The normalized spacial score (nSPS) is 16.0. The standard InChI is InChI=1S/C24H25N3O2/c28-27(29)23-14-7-13-22(17-23)24-25(18-20-9-3-1-4-10-20)15-8-16-26(24)19-21-11-5-2-6-12-21/h1-7,9-14,17,24H,8,15-16,18-19H2. The van der Waals surface area contributed by atoms with Crippen molar-refractivity contribution >= 4 is 5.69 Å². The van der Waals surface area contributed by atoms with Crippen molar-refractivity contribution in [1.29, 1.82) is 0 Å². The van der Waals surface area contributed by atoms with Gasteiger partial charge >= 0.3 is 0 Å². The van der Waals surface area contributed by atoms with Gasteiger partial charge in [-0.3, -0.25) is 19.9 Å². The lowest BCUT2D eigenvalue weighted by molar-refractivity contribution is -0.385. The summed E-state index contributed by atoms with van der Waals surface area (Å²) in [7, 11) is 0. The molecule has 1 saturated heterocycles. The Kier molecular flexibility index (Phi) is 5.98. The number of nitro benzene ring substituents is 1. The molecule has 1 fully saturated rings. The van der Waals surface area contributed by atoms with E-state index in [1.165, 1.54) is 11.1 Å². The molecule has 5 heteroatoms. The highest BCUT2D eigenvalue weighted by Crippen LogP contribution is 2.33. The Morgan fingerprint density at radius 2 is 1.34 bits per heavy atom. The quantitative estimate of drug-likeness (QED) is 0.441. The predicted molar refractivity (Wildman–Crippen MR) is 114 cm³/mol. The Hall–Kier alpha value is -3.02. The van der Waals surface area contributed by atoms with Crippen molar-refractivity contribution in [2.75, 3.05) is 13.1 Å². The zero-order valence-electron chi connectivity index (χ0n) is 16.4. The lowest BCUT2D eigenvalue weighted by Gasteiger charge is -2.44. The maximum atomic E-state index is 11.4. The summed E-state index contributed by atoms with van der Waals surface area (Å²) in [5.74, 6) is 0. The highest BCUT2D eigenvalue weighted by molar-refractivity contribution is 5.36. The third-order valence-corrected chi connectivity index (χ3v) is 5.42. The van der Waals surface area contributed by atoms with E-state index in [0.717, 1.165) is 38.2 Å². The molecule has 0 aromatic heterocycles. The molecular weight excluding hydrogens is 362 g/mol. The predicted octanol–water partition coefficient (Wildman–Crippen LogP) is 5.00. The lowest BCUT2D eigenvalue weighted by atomic mass is 10.0. The molecule has 0 aliphatic carbocycles.